The van der Waals surface area contributed by atoms with Crippen LogP contribution in [0.3, 0.4) is 0 Å². The molecular formula is C27H26N4O3. The zero-order valence-electron chi connectivity index (χ0n) is 19.2. The summed E-state index contributed by atoms with van der Waals surface area (Å²) in [5, 5.41) is 4.02. The van der Waals surface area contributed by atoms with E-state index in [9.17, 15) is 9.59 Å². The van der Waals surface area contributed by atoms with Crippen LogP contribution < -0.4 is 11.1 Å². The molecule has 34 heavy (non-hydrogen) atoms. The van der Waals surface area contributed by atoms with Crippen LogP contribution in [0, 0.1) is 0 Å². The van der Waals surface area contributed by atoms with Crippen LogP contribution in [0.1, 0.15) is 16.1 Å². The Kier molecular flexibility index (Phi) is 5.77. The van der Waals surface area contributed by atoms with E-state index < -0.39 is 5.76 Å². The Morgan fingerprint density at radius 2 is 1.68 bits per heavy atom. The summed E-state index contributed by atoms with van der Waals surface area (Å²) in [7, 11) is 3.90. The summed E-state index contributed by atoms with van der Waals surface area (Å²) >= 11 is 0. The molecular weight excluding hydrogens is 428 g/mol. The third-order valence-electron chi connectivity index (χ3n) is 5.92. The number of fused-ring (bicyclic) bond motifs is 2. The van der Waals surface area contributed by atoms with Crippen LogP contribution in [0.4, 0.5) is 5.69 Å². The molecule has 0 aliphatic carbocycles. The van der Waals surface area contributed by atoms with Crippen LogP contribution in [0.15, 0.2) is 88.1 Å². The standard InChI is InChI=1S/C27H26N4O3/c1-29(2)14-15-30-23-17-21(12-13-25(23)34-27(30)33)28-26(32)24-16-20-10-6-7-11-22(20)31(24)18-19-8-4-3-5-9-19/h3-13,16-17H,14-15,18H2,1-2H3,(H,28,32). The number of anilines is 1. The average molecular weight is 455 g/mol. The highest BCUT2D eigenvalue weighted by atomic mass is 16.4. The zero-order valence-corrected chi connectivity index (χ0v) is 19.2. The van der Waals surface area contributed by atoms with Crippen molar-refractivity contribution in [3.63, 3.8) is 0 Å². The summed E-state index contributed by atoms with van der Waals surface area (Å²) in [4.78, 5) is 27.7. The lowest BCUT2D eigenvalue weighted by atomic mass is 10.2. The van der Waals surface area contributed by atoms with Crippen molar-refractivity contribution < 1.29 is 9.21 Å². The third kappa shape index (κ3) is 4.25. The molecule has 3 aromatic carbocycles. The number of hydrogen-bond acceptors (Lipinski definition) is 4. The van der Waals surface area contributed by atoms with Gasteiger partial charge in [0, 0.05) is 36.2 Å². The molecule has 0 radical (unpaired) electrons. The summed E-state index contributed by atoms with van der Waals surface area (Å²) in [6, 6.07) is 25.2. The Morgan fingerprint density at radius 1 is 0.912 bits per heavy atom. The van der Waals surface area contributed by atoms with E-state index >= 15 is 0 Å². The Bertz CT molecular complexity index is 1530. The van der Waals surface area contributed by atoms with Gasteiger partial charge in [0.2, 0.25) is 0 Å². The molecule has 5 rings (SSSR count). The molecule has 7 heteroatoms. The number of para-hydroxylation sites is 1. The molecule has 0 bridgehead atoms. The third-order valence-corrected chi connectivity index (χ3v) is 5.92. The number of carbonyl (C=O) groups is 1. The molecule has 0 unspecified atom stereocenters. The number of amides is 1. The fourth-order valence-electron chi connectivity index (χ4n) is 4.18. The smallest absolute Gasteiger partial charge is 0.408 e. The molecule has 7 nitrogen and oxygen atoms in total. The van der Waals surface area contributed by atoms with E-state index in [0.29, 0.717) is 42.1 Å². The second kappa shape index (κ2) is 9.03. The molecule has 1 N–H and O–H groups in total. The van der Waals surface area contributed by atoms with Crippen molar-refractivity contribution in [2.75, 3.05) is 26.0 Å². The summed E-state index contributed by atoms with van der Waals surface area (Å²) in [5.41, 5.74) is 4.45. The number of nitrogens with zero attached hydrogens (tertiary/aromatic N) is 3. The van der Waals surface area contributed by atoms with Crippen molar-refractivity contribution in [2.45, 2.75) is 13.1 Å². The lowest BCUT2D eigenvalue weighted by Gasteiger charge is -2.12. The van der Waals surface area contributed by atoms with E-state index in [0.717, 1.165) is 16.5 Å². The topological polar surface area (TPSA) is 72.4 Å². The first-order valence-electron chi connectivity index (χ1n) is 11.2. The number of rotatable bonds is 7. The van der Waals surface area contributed by atoms with E-state index in [-0.39, 0.29) is 5.91 Å². The molecule has 172 valence electrons. The number of carbonyl (C=O) groups excluding carboxylic acids is 1. The van der Waals surface area contributed by atoms with Crippen LogP contribution >= 0.6 is 0 Å². The summed E-state index contributed by atoms with van der Waals surface area (Å²) in [6.45, 7) is 1.79. The van der Waals surface area contributed by atoms with Gasteiger partial charge in [-0.3, -0.25) is 9.36 Å². The van der Waals surface area contributed by atoms with Crippen LogP contribution in [-0.4, -0.2) is 40.6 Å². The molecule has 0 spiro atoms. The second-order valence-corrected chi connectivity index (χ2v) is 8.62. The Balaban J connectivity index is 1.48. The van der Waals surface area contributed by atoms with Crippen LogP contribution in [0.5, 0.6) is 0 Å². The van der Waals surface area contributed by atoms with Gasteiger partial charge in [0.25, 0.3) is 5.91 Å². The van der Waals surface area contributed by atoms with Crippen molar-refractivity contribution in [2.24, 2.45) is 0 Å². The van der Waals surface area contributed by atoms with Gasteiger partial charge in [-0.1, -0.05) is 48.5 Å². The highest BCUT2D eigenvalue weighted by Gasteiger charge is 2.17. The molecule has 2 heterocycles. The number of hydrogen-bond donors (Lipinski definition) is 1. The molecule has 0 aliphatic heterocycles. The lowest BCUT2D eigenvalue weighted by molar-refractivity contribution is 0.101. The normalized spacial score (nSPS) is 11.5. The number of likely N-dealkylation sites (N-methyl/N-ethyl adjacent to an activating group) is 1. The summed E-state index contributed by atoms with van der Waals surface area (Å²) < 4.78 is 9.00. The fourth-order valence-corrected chi connectivity index (χ4v) is 4.18. The molecule has 0 saturated carbocycles. The van der Waals surface area contributed by atoms with Crippen molar-refractivity contribution in [1.82, 2.24) is 14.0 Å². The van der Waals surface area contributed by atoms with Gasteiger partial charge >= 0.3 is 5.76 Å². The van der Waals surface area contributed by atoms with E-state index in [4.69, 9.17) is 4.42 Å². The monoisotopic (exact) mass is 454 g/mol. The minimum absolute atomic E-state index is 0.211. The van der Waals surface area contributed by atoms with Crippen LogP contribution in [0.25, 0.3) is 22.0 Å². The van der Waals surface area contributed by atoms with Crippen molar-refractivity contribution in [3.05, 3.63) is 101 Å². The Hall–Kier alpha value is -4.10. The molecule has 0 aliphatic rings. The quantitative estimate of drug-likeness (QED) is 0.395. The molecule has 0 saturated heterocycles. The minimum Gasteiger partial charge on any atom is -0.408 e. The first-order chi connectivity index (χ1) is 16.5. The van der Waals surface area contributed by atoms with Crippen LogP contribution in [0.2, 0.25) is 0 Å². The van der Waals surface area contributed by atoms with E-state index in [2.05, 4.69) is 17.4 Å². The minimum atomic E-state index is -0.400. The zero-order chi connectivity index (χ0) is 23.7. The fraction of sp³-hybridized carbons (Fsp3) is 0.185. The van der Waals surface area contributed by atoms with E-state index in [1.165, 1.54) is 0 Å². The van der Waals surface area contributed by atoms with Gasteiger partial charge in [-0.2, -0.15) is 0 Å². The molecule has 0 fully saturated rings. The maximum absolute atomic E-state index is 13.4. The molecule has 1 amide bonds. The van der Waals surface area contributed by atoms with Crippen molar-refractivity contribution >= 4 is 33.6 Å². The number of aromatic nitrogens is 2. The highest BCUT2D eigenvalue weighted by Crippen LogP contribution is 2.24. The summed E-state index contributed by atoms with van der Waals surface area (Å²) in [6.07, 6.45) is 0. The maximum Gasteiger partial charge on any atom is 0.419 e. The van der Waals surface area contributed by atoms with E-state index in [1.54, 1.807) is 22.8 Å². The first kappa shape index (κ1) is 21.7. The van der Waals surface area contributed by atoms with E-state index in [1.807, 2.05) is 72.1 Å². The summed E-state index contributed by atoms with van der Waals surface area (Å²) in [5.74, 6) is -0.611. The van der Waals surface area contributed by atoms with Gasteiger partial charge in [-0.05, 0) is 50.0 Å². The number of oxazole rings is 1. The van der Waals surface area contributed by atoms with Crippen molar-refractivity contribution in [3.8, 4) is 0 Å². The lowest BCUT2D eigenvalue weighted by Crippen LogP contribution is -2.23. The Labute approximate surface area is 196 Å². The second-order valence-electron chi connectivity index (χ2n) is 8.62. The molecule has 2 aromatic heterocycles. The van der Waals surface area contributed by atoms with Crippen LogP contribution in [-0.2, 0) is 13.1 Å². The van der Waals surface area contributed by atoms with Gasteiger partial charge < -0.3 is 19.2 Å². The number of benzene rings is 3. The molecule has 5 aromatic rings. The predicted molar refractivity (Wildman–Crippen MR) is 134 cm³/mol. The average Bonchev–Trinajstić information content (AvgIpc) is 3.35. The highest BCUT2D eigenvalue weighted by molar-refractivity contribution is 6.07. The maximum atomic E-state index is 13.4. The van der Waals surface area contributed by atoms with Gasteiger partial charge in [0.05, 0.1) is 5.52 Å². The first-order valence-corrected chi connectivity index (χ1v) is 11.2. The van der Waals surface area contributed by atoms with Gasteiger partial charge in [0.1, 0.15) is 5.69 Å². The Morgan fingerprint density at radius 3 is 2.47 bits per heavy atom. The van der Waals surface area contributed by atoms with Crippen molar-refractivity contribution in [1.29, 1.82) is 0 Å². The van der Waals surface area contributed by atoms with Gasteiger partial charge in [-0.25, -0.2) is 4.79 Å². The molecule has 0 atom stereocenters. The predicted octanol–water partition coefficient (Wildman–Crippen LogP) is 4.41. The van der Waals surface area contributed by atoms with Gasteiger partial charge in [0.15, 0.2) is 5.58 Å². The van der Waals surface area contributed by atoms with Gasteiger partial charge in [-0.15, -0.1) is 0 Å². The SMILES string of the molecule is CN(C)CCn1c(=O)oc2ccc(NC(=O)c3cc4ccccc4n3Cc3ccccc3)cc21. The largest absolute Gasteiger partial charge is 0.419 e. The number of nitrogens with one attached hydrogen (secondary N) is 1.